The Labute approximate surface area is 64.6 Å². The molecular formula is C8H10FNO. The van der Waals surface area contributed by atoms with Gasteiger partial charge in [-0.05, 0) is 13.0 Å². The van der Waals surface area contributed by atoms with Gasteiger partial charge in [0.1, 0.15) is 5.67 Å². The molecule has 0 aliphatic heterocycles. The zero-order chi connectivity index (χ0) is 8.48. The third-order valence-electron chi connectivity index (χ3n) is 1.75. The van der Waals surface area contributed by atoms with Crippen LogP contribution in [-0.2, 0) is 4.79 Å². The van der Waals surface area contributed by atoms with Crippen LogP contribution in [0.25, 0.3) is 0 Å². The predicted molar refractivity (Wildman–Crippen MR) is 40.5 cm³/mol. The first-order chi connectivity index (χ1) is 5.04. The van der Waals surface area contributed by atoms with Gasteiger partial charge < -0.3 is 5.73 Å². The van der Waals surface area contributed by atoms with Gasteiger partial charge >= 0.3 is 0 Å². The van der Waals surface area contributed by atoms with Crippen LogP contribution in [0.3, 0.4) is 0 Å². The fourth-order valence-electron chi connectivity index (χ4n) is 1.08. The van der Waals surface area contributed by atoms with E-state index in [1.165, 1.54) is 19.1 Å². The van der Waals surface area contributed by atoms with Crippen molar-refractivity contribution in [2.75, 3.05) is 0 Å². The van der Waals surface area contributed by atoms with Crippen LogP contribution in [0.4, 0.5) is 4.39 Å². The van der Waals surface area contributed by atoms with Gasteiger partial charge in [0.05, 0.1) is 5.92 Å². The summed E-state index contributed by atoms with van der Waals surface area (Å²) in [6, 6.07) is 0. The number of carbonyl (C=O) groups is 1. The molecule has 60 valence electrons. The van der Waals surface area contributed by atoms with Crippen molar-refractivity contribution in [2.24, 2.45) is 11.7 Å². The first-order valence-corrected chi connectivity index (χ1v) is 3.38. The minimum atomic E-state index is -1.62. The fraction of sp³-hybridized carbons (Fsp3) is 0.375. The van der Waals surface area contributed by atoms with Gasteiger partial charge in [-0.1, -0.05) is 18.2 Å². The van der Waals surface area contributed by atoms with Gasteiger partial charge in [0.25, 0.3) is 0 Å². The Balaban J connectivity index is 2.89. The van der Waals surface area contributed by atoms with Crippen molar-refractivity contribution in [2.45, 2.75) is 12.6 Å². The molecule has 11 heavy (non-hydrogen) atoms. The lowest BCUT2D eigenvalue weighted by Crippen LogP contribution is -2.37. The van der Waals surface area contributed by atoms with Gasteiger partial charge in [-0.3, -0.25) is 4.79 Å². The molecule has 0 aromatic carbocycles. The smallest absolute Gasteiger partial charge is 0.227 e. The molecule has 0 fully saturated rings. The van der Waals surface area contributed by atoms with E-state index in [0.717, 1.165) is 0 Å². The monoisotopic (exact) mass is 155 g/mol. The number of primary amides is 1. The van der Waals surface area contributed by atoms with Crippen molar-refractivity contribution in [1.29, 1.82) is 0 Å². The van der Waals surface area contributed by atoms with Gasteiger partial charge in [-0.15, -0.1) is 0 Å². The molecule has 0 radical (unpaired) electrons. The third-order valence-corrected chi connectivity index (χ3v) is 1.75. The summed E-state index contributed by atoms with van der Waals surface area (Å²) in [5.74, 6) is -1.46. The number of nitrogens with two attached hydrogens (primary N) is 1. The van der Waals surface area contributed by atoms with Crippen LogP contribution in [0.1, 0.15) is 6.92 Å². The zero-order valence-corrected chi connectivity index (χ0v) is 6.25. The Morgan fingerprint density at radius 2 is 2.27 bits per heavy atom. The summed E-state index contributed by atoms with van der Waals surface area (Å²) in [5, 5.41) is 0. The number of hydrogen-bond donors (Lipinski definition) is 1. The number of rotatable bonds is 1. The summed E-state index contributed by atoms with van der Waals surface area (Å²) in [5.41, 5.74) is 3.35. The molecule has 0 bridgehead atoms. The maximum Gasteiger partial charge on any atom is 0.227 e. The molecular weight excluding hydrogens is 145 g/mol. The van der Waals surface area contributed by atoms with Gasteiger partial charge in [0.2, 0.25) is 5.91 Å². The molecule has 3 heteroatoms. The molecule has 1 rings (SSSR count). The first kappa shape index (κ1) is 7.98. The highest BCUT2D eigenvalue weighted by Crippen LogP contribution is 2.27. The van der Waals surface area contributed by atoms with E-state index in [2.05, 4.69) is 0 Å². The number of alkyl halides is 1. The minimum absolute atomic E-state index is 0.629. The second kappa shape index (κ2) is 2.49. The van der Waals surface area contributed by atoms with Crippen LogP contribution in [-0.4, -0.2) is 11.6 Å². The Bertz CT molecular complexity index is 230. The van der Waals surface area contributed by atoms with Crippen LogP contribution >= 0.6 is 0 Å². The van der Waals surface area contributed by atoms with Crippen molar-refractivity contribution in [3.05, 3.63) is 24.3 Å². The fourth-order valence-corrected chi connectivity index (χ4v) is 1.08. The SMILES string of the molecule is CC1(F)C=CC=CC1C(N)=O. The summed E-state index contributed by atoms with van der Waals surface area (Å²) in [7, 11) is 0. The lowest BCUT2D eigenvalue weighted by atomic mass is 9.87. The summed E-state index contributed by atoms with van der Waals surface area (Å²) >= 11 is 0. The molecule has 1 aliphatic carbocycles. The minimum Gasteiger partial charge on any atom is -0.369 e. The summed E-state index contributed by atoms with van der Waals surface area (Å²) in [4.78, 5) is 10.7. The number of carbonyl (C=O) groups excluding carboxylic acids is 1. The molecule has 2 nitrogen and oxygen atoms in total. The molecule has 0 saturated carbocycles. The standard InChI is InChI=1S/C8H10FNO/c1-8(9)5-3-2-4-6(8)7(10)11/h2-6H,1H3,(H2,10,11). The van der Waals surface area contributed by atoms with Gasteiger partial charge in [-0.2, -0.15) is 0 Å². The lowest BCUT2D eigenvalue weighted by Gasteiger charge is -2.24. The van der Waals surface area contributed by atoms with Gasteiger partial charge in [0, 0.05) is 0 Å². The van der Waals surface area contributed by atoms with E-state index in [4.69, 9.17) is 5.73 Å². The lowest BCUT2D eigenvalue weighted by molar-refractivity contribution is -0.123. The number of amides is 1. The summed E-state index contributed by atoms with van der Waals surface area (Å²) in [6.45, 7) is 1.34. The van der Waals surface area contributed by atoms with E-state index in [9.17, 15) is 9.18 Å². The molecule has 1 amide bonds. The first-order valence-electron chi connectivity index (χ1n) is 3.38. The Morgan fingerprint density at radius 3 is 2.64 bits per heavy atom. The molecule has 1 aliphatic rings. The number of hydrogen-bond acceptors (Lipinski definition) is 1. The largest absolute Gasteiger partial charge is 0.369 e. The molecule has 2 N–H and O–H groups in total. The van der Waals surface area contributed by atoms with E-state index < -0.39 is 17.5 Å². The van der Waals surface area contributed by atoms with Crippen molar-refractivity contribution in [3.63, 3.8) is 0 Å². The molecule has 2 unspecified atom stereocenters. The number of halogens is 1. The van der Waals surface area contributed by atoms with Crippen LogP contribution in [0.5, 0.6) is 0 Å². The maximum absolute atomic E-state index is 13.3. The molecule has 0 aromatic heterocycles. The second-order valence-electron chi connectivity index (χ2n) is 2.78. The van der Waals surface area contributed by atoms with Crippen molar-refractivity contribution >= 4 is 5.91 Å². The van der Waals surface area contributed by atoms with Crippen molar-refractivity contribution in [3.8, 4) is 0 Å². The predicted octanol–water partition coefficient (Wildman–Crippen LogP) is 0.942. The van der Waals surface area contributed by atoms with E-state index >= 15 is 0 Å². The van der Waals surface area contributed by atoms with Gasteiger partial charge in [0.15, 0.2) is 0 Å². The van der Waals surface area contributed by atoms with Crippen molar-refractivity contribution < 1.29 is 9.18 Å². The molecule has 2 atom stereocenters. The van der Waals surface area contributed by atoms with Crippen LogP contribution in [0.2, 0.25) is 0 Å². The zero-order valence-electron chi connectivity index (χ0n) is 6.25. The van der Waals surface area contributed by atoms with E-state index in [-0.39, 0.29) is 0 Å². The molecule has 0 saturated heterocycles. The average Bonchev–Trinajstić information content (AvgIpc) is 1.85. The Kier molecular flexibility index (Phi) is 1.81. The highest BCUT2D eigenvalue weighted by Gasteiger charge is 2.35. The van der Waals surface area contributed by atoms with Crippen LogP contribution in [0.15, 0.2) is 24.3 Å². The molecule has 0 spiro atoms. The highest BCUT2D eigenvalue weighted by molar-refractivity contribution is 5.80. The van der Waals surface area contributed by atoms with Crippen LogP contribution in [0, 0.1) is 5.92 Å². The molecule has 0 heterocycles. The van der Waals surface area contributed by atoms with E-state index in [1.807, 2.05) is 0 Å². The summed E-state index contributed by atoms with van der Waals surface area (Å²) < 4.78 is 13.3. The van der Waals surface area contributed by atoms with Gasteiger partial charge in [-0.25, -0.2) is 4.39 Å². The quantitative estimate of drug-likeness (QED) is 0.601. The van der Waals surface area contributed by atoms with E-state index in [0.29, 0.717) is 0 Å². The van der Waals surface area contributed by atoms with E-state index in [1.54, 1.807) is 12.2 Å². The average molecular weight is 155 g/mol. The third kappa shape index (κ3) is 1.48. The maximum atomic E-state index is 13.3. The van der Waals surface area contributed by atoms with Crippen molar-refractivity contribution in [1.82, 2.24) is 0 Å². The number of allylic oxidation sites excluding steroid dienone is 3. The summed E-state index contributed by atoms with van der Waals surface area (Å²) in [6.07, 6.45) is 6.00. The normalized spacial score (nSPS) is 35.6. The topological polar surface area (TPSA) is 43.1 Å². The molecule has 0 aromatic rings. The highest BCUT2D eigenvalue weighted by atomic mass is 19.1. The second-order valence-corrected chi connectivity index (χ2v) is 2.78. The Morgan fingerprint density at radius 1 is 1.64 bits per heavy atom. The Hall–Kier alpha value is -1.12. The van der Waals surface area contributed by atoms with Crippen LogP contribution < -0.4 is 5.73 Å².